The van der Waals surface area contributed by atoms with Crippen LogP contribution in [0.5, 0.6) is 0 Å². The fraction of sp³-hybridized carbons (Fsp3) is 1.00. The van der Waals surface area contributed by atoms with Gasteiger partial charge in [-0.05, 0) is 48.9 Å². The third-order valence-corrected chi connectivity index (χ3v) is 4.87. The summed E-state index contributed by atoms with van der Waals surface area (Å²) < 4.78 is 5.37. The SMILES string of the molecule is CC1(C)C2CCC(CCOCCO)C1C2. The monoisotopic (exact) mass is 212 g/mol. The summed E-state index contributed by atoms with van der Waals surface area (Å²) in [5.74, 6) is 2.81. The normalized spacial score (nSPS) is 37.4. The highest BCUT2D eigenvalue weighted by Crippen LogP contribution is 2.61. The maximum Gasteiger partial charge on any atom is 0.0697 e. The Hall–Kier alpha value is -0.0800. The van der Waals surface area contributed by atoms with Gasteiger partial charge in [-0.15, -0.1) is 0 Å². The molecule has 0 aromatic rings. The summed E-state index contributed by atoms with van der Waals surface area (Å²) in [5.41, 5.74) is 0.597. The molecule has 2 nitrogen and oxygen atoms in total. The van der Waals surface area contributed by atoms with Gasteiger partial charge in [0.15, 0.2) is 0 Å². The predicted molar refractivity (Wildman–Crippen MR) is 60.6 cm³/mol. The smallest absolute Gasteiger partial charge is 0.0697 e. The largest absolute Gasteiger partial charge is 0.394 e. The van der Waals surface area contributed by atoms with Gasteiger partial charge in [0.25, 0.3) is 0 Å². The van der Waals surface area contributed by atoms with Crippen LogP contribution in [0.2, 0.25) is 0 Å². The average molecular weight is 212 g/mol. The molecule has 0 heterocycles. The zero-order chi connectivity index (χ0) is 10.9. The van der Waals surface area contributed by atoms with Crippen LogP contribution in [0.4, 0.5) is 0 Å². The van der Waals surface area contributed by atoms with E-state index in [9.17, 15) is 0 Å². The van der Waals surface area contributed by atoms with E-state index in [2.05, 4.69) is 13.8 Å². The molecule has 0 radical (unpaired) electrons. The van der Waals surface area contributed by atoms with Gasteiger partial charge in [0.05, 0.1) is 13.2 Å². The molecule has 88 valence electrons. The lowest BCUT2D eigenvalue weighted by molar-refractivity contribution is -0.111. The van der Waals surface area contributed by atoms with Gasteiger partial charge in [0, 0.05) is 6.61 Å². The van der Waals surface area contributed by atoms with E-state index in [1.807, 2.05) is 0 Å². The van der Waals surface area contributed by atoms with E-state index in [1.54, 1.807) is 0 Å². The first-order chi connectivity index (χ1) is 7.16. The average Bonchev–Trinajstić information content (AvgIpc) is 2.24. The Labute approximate surface area is 93.0 Å². The molecule has 3 saturated carbocycles. The fourth-order valence-corrected chi connectivity index (χ4v) is 3.71. The molecule has 0 amide bonds. The molecule has 0 aromatic carbocycles. The highest BCUT2D eigenvalue weighted by Gasteiger charge is 2.53. The molecule has 15 heavy (non-hydrogen) atoms. The minimum atomic E-state index is 0.154. The Bertz CT molecular complexity index is 211. The fourth-order valence-electron chi connectivity index (χ4n) is 3.71. The summed E-state index contributed by atoms with van der Waals surface area (Å²) in [6.45, 7) is 6.37. The molecule has 2 heteroatoms. The van der Waals surface area contributed by atoms with Gasteiger partial charge in [0.1, 0.15) is 0 Å². The van der Waals surface area contributed by atoms with Crippen molar-refractivity contribution in [3.63, 3.8) is 0 Å². The molecular weight excluding hydrogens is 188 g/mol. The summed E-state index contributed by atoms with van der Waals surface area (Å²) in [7, 11) is 0. The van der Waals surface area contributed by atoms with Crippen LogP contribution < -0.4 is 0 Å². The van der Waals surface area contributed by atoms with Crippen molar-refractivity contribution in [1.29, 1.82) is 0 Å². The van der Waals surface area contributed by atoms with E-state index in [-0.39, 0.29) is 6.61 Å². The quantitative estimate of drug-likeness (QED) is 0.709. The third-order valence-electron chi connectivity index (χ3n) is 4.87. The van der Waals surface area contributed by atoms with E-state index >= 15 is 0 Å². The van der Waals surface area contributed by atoms with Crippen molar-refractivity contribution in [2.24, 2.45) is 23.2 Å². The van der Waals surface area contributed by atoms with E-state index in [0.29, 0.717) is 12.0 Å². The lowest BCUT2D eigenvalue weighted by Crippen LogP contribution is -2.52. The molecule has 0 spiro atoms. The first kappa shape index (κ1) is 11.4. The molecule has 3 aliphatic rings. The van der Waals surface area contributed by atoms with E-state index < -0.39 is 0 Å². The Morgan fingerprint density at radius 1 is 1.27 bits per heavy atom. The topological polar surface area (TPSA) is 29.5 Å². The maximum atomic E-state index is 8.62. The van der Waals surface area contributed by atoms with Gasteiger partial charge < -0.3 is 9.84 Å². The van der Waals surface area contributed by atoms with E-state index in [4.69, 9.17) is 9.84 Å². The van der Waals surface area contributed by atoms with Crippen molar-refractivity contribution < 1.29 is 9.84 Å². The molecule has 0 aliphatic heterocycles. The second-order valence-corrected chi connectivity index (χ2v) is 5.82. The van der Waals surface area contributed by atoms with Crippen molar-refractivity contribution in [2.75, 3.05) is 19.8 Å². The summed E-state index contributed by atoms with van der Waals surface area (Å²) in [6, 6.07) is 0. The van der Waals surface area contributed by atoms with Gasteiger partial charge >= 0.3 is 0 Å². The van der Waals surface area contributed by atoms with Crippen LogP contribution in [0.1, 0.15) is 39.5 Å². The second-order valence-electron chi connectivity index (χ2n) is 5.82. The zero-order valence-electron chi connectivity index (χ0n) is 10.0. The van der Waals surface area contributed by atoms with E-state index in [1.165, 1.54) is 25.7 Å². The number of fused-ring (bicyclic) bond motifs is 2. The predicted octanol–water partition coefficient (Wildman–Crippen LogP) is 2.46. The number of hydrogen-bond donors (Lipinski definition) is 1. The van der Waals surface area contributed by atoms with Crippen molar-refractivity contribution in [1.82, 2.24) is 0 Å². The lowest BCUT2D eigenvalue weighted by atomic mass is 9.45. The highest BCUT2D eigenvalue weighted by atomic mass is 16.5. The number of rotatable bonds is 5. The molecule has 2 bridgehead atoms. The molecule has 3 rings (SSSR count). The second kappa shape index (κ2) is 4.42. The van der Waals surface area contributed by atoms with Gasteiger partial charge in [-0.2, -0.15) is 0 Å². The number of hydrogen-bond acceptors (Lipinski definition) is 2. The Balaban J connectivity index is 1.74. The maximum absolute atomic E-state index is 8.62. The van der Waals surface area contributed by atoms with Gasteiger partial charge in [-0.3, -0.25) is 0 Å². The molecule has 3 atom stereocenters. The first-order valence-corrected chi connectivity index (χ1v) is 6.35. The first-order valence-electron chi connectivity index (χ1n) is 6.35. The molecule has 0 saturated heterocycles. The summed E-state index contributed by atoms with van der Waals surface area (Å²) in [4.78, 5) is 0. The molecule has 3 fully saturated rings. The van der Waals surface area contributed by atoms with Crippen LogP contribution in [0, 0.1) is 23.2 Å². The van der Waals surface area contributed by atoms with Crippen molar-refractivity contribution in [2.45, 2.75) is 39.5 Å². The number of aliphatic hydroxyl groups excluding tert-OH is 1. The van der Waals surface area contributed by atoms with Gasteiger partial charge in [0.2, 0.25) is 0 Å². The van der Waals surface area contributed by atoms with Crippen molar-refractivity contribution >= 4 is 0 Å². The molecule has 1 N–H and O–H groups in total. The van der Waals surface area contributed by atoms with Gasteiger partial charge in [-0.25, -0.2) is 0 Å². The third kappa shape index (κ3) is 2.07. The van der Waals surface area contributed by atoms with Crippen LogP contribution in [0.15, 0.2) is 0 Å². The van der Waals surface area contributed by atoms with Crippen LogP contribution in [0.25, 0.3) is 0 Å². The minimum Gasteiger partial charge on any atom is -0.394 e. The Morgan fingerprint density at radius 2 is 2.07 bits per heavy atom. The van der Waals surface area contributed by atoms with Crippen LogP contribution in [-0.4, -0.2) is 24.9 Å². The van der Waals surface area contributed by atoms with Crippen molar-refractivity contribution in [3.8, 4) is 0 Å². The summed E-state index contributed by atoms with van der Waals surface area (Å²) in [6.07, 6.45) is 5.48. The van der Waals surface area contributed by atoms with Crippen LogP contribution in [-0.2, 0) is 4.74 Å². The highest BCUT2D eigenvalue weighted by molar-refractivity contribution is 5.02. The number of aliphatic hydroxyl groups is 1. The van der Waals surface area contributed by atoms with Crippen LogP contribution in [0.3, 0.4) is 0 Å². The Kier molecular flexibility index (Phi) is 3.36. The lowest BCUT2D eigenvalue weighted by Gasteiger charge is -2.60. The van der Waals surface area contributed by atoms with Crippen molar-refractivity contribution in [3.05, 3.63) is 0 Å². The molecule has 0 aromatic heterocycles. The van der Waals surface area contributed by atoms with E-state index in [0.717, 1.165) is 24.4 Å². The standard InChI is InChI=1S/C13H24O2/c1-13(2)11-4-3-10(12(13)9-11)5-7-15-8-6-14/h10-12,14H,3-9H2,1-2H3. The molecule has 3 aliphatic carbocycles. The molecule has 3 unspecified atom stereocenters. The summed E-state index contributed by atoms with van der Waals surface area (Å²) in [5, 5.41) is 8.62. The zero-order valence-corrected chi connectivity index (χ0v) is 10.0. The Morgan fingerprint density at radius 3 is 2.67 bits per heavy atom. The number of ether oxygens (including phenoxy) is 1. The minimum absolute atomic E-state index is 0.154. The summed E-state index contributed by atoms with van der Waals surface area (Å²) >= 11 is 0. The van der Waals surface area contributed by atoms with Crippen LogP contribution >= 0.6 is 0 Å². The molecular formula is C13H24O2. The van der Waals surface area contributed by atoms with Gasteiger partial charge in [-0.1, -0.05) is 13.8 Å².